The summed E-state index contributed by atoms with van der Waals surface area (Å²) in [6.45, 7) is 1.75. The Labute approximate surface area is 139 Å². The Hall–Kier alpha value is -1.98. The zero-order valence-electron chi connectivity index (χ0n) is 13.8. The summed E-state index contributed by atoms with van der Waals surface area (Å²) in [5, 5.41) is 0. The number of esters is 1. The van der Waals surface area contributed by atoms with Gasteiger partial charge in [0.2, 0.25) is 11.6 Å². The molecule has 2 rings (SSSR count). The summed E-state index contributed by atoms with van der Waals surface area (Å²) in [5.74, 6) is -4.13. The fraction of sp³-hybridized carbons (Fsp3) is 0.500. The average Bonchev–Trinajstić information content (AvgIpc) is 2.59. The molecule has 0 N–H and O–H groups in total. The van der Waals surface area contributed by atoms with Crippen molar-refractivity contribution < 1.29 is 27.4 Å². The summed E-state index contributed by atoms with van der Waals surface area (Å²) in [5.41, 5.74) is 0. The highest BCUT2D eigenvalue weighted by atomic mass is 19.2. The maximum Gasteiger partial charge on any atom is 0.314 e. The van der Waals surface area contributed by atoms with Crippen LogP contribution in [0, 0.1) is 23.5 Å². The van der Waals surface area contributed by atoms with Crippen molar-refractivity contribution in [2.45, 2.75) is 39.0 Å². The van der Waals surface area contributed by atoms with Crippen molar-refractivity contribution in [2.75, 3.05) is 7.11 Å². The highest BCUT2D eigenvalue weighted by Gasteiger charge is 2.28. The maximum atomic E-state index is 13.8. The number of ether oxygens (including phenoxy) is 2. The SMILES string of the molecule is CCC(F)=CC1CCC(C(=O)Oc2ccc(OC)c(F)c2F)CC1. The molecule has 0 radical (unpaired) electrons. The number of hydrogen-bond donors (Lipinski definition) is 0. The number of benzene rings is 1. The van der Waals surface area contributed by atoms with Crippen LogP contribution in [0.3, 0.4) is 0 Å². The number of carbonyl (C=O) groups excluding carboxylic acids is 1. The molecule has 24 heavy (non-hydrogen) atoms. The second-order valence-corrected chi connectivity index (χ2v) is 5.89. The van der Waals surface area contributed by atoms with E-state index in [1.165, 1.54) is 19.2 Å². The lowest BCUT2D eigenvalue weighted by atomic mass is 9.82. The van der Waals surface area contributed by atoms with Gasteiger partial charge in [0.25, 0.3) is 0 Å². The quantitative estimate of drug-likeness (QED) is 0.561. The second kappa shape index (κ2) is 8.22. The van der Waals surface area contributed by atoms with Crippen LogP contribution in [0.4, 0.5) is 13.2 Å². The second-order valence-electron chi connectivity index (χ2n) is 5.89. The highest BCUT2D eigenvalue weighted by Crippen LogP contribution is 2.33. The third kappa shape index (κ3) is 4.30. The lowest BCUT2D eigenvalue weighted by Crippen LogP contribution is -2.25. The third-order valence-corrected chi connectivity index (χ3v) is 4.30. The zero-order chi connectivity index (χ0) is 17.7. The van der Waals surface area contributed by atoms with E-state index in [4.69, 9.17) is 4.74 Å². The van der Waals surface area contributed by atoms with Crippen molar-refractivity contribution in [3.8, 4) is 11.5 Å². The third-order valence-electron chi connectivity index (χ3n) is 4.30. The van der Waals surface area contributed by atoms with Crippen molar-refractivity contribution in [1.82, 2.24) is 0 Å². The van der Waals surface area contributed by atoms with Gasteiger partial charge in [0.1, 0.15) is 0 Å². The zero-order valence-corrected chi connectivity index (χ0v) is 13.8. The number of halogens is 3. The Kier molecular flexibility index (Phi) is 6.29. The van der Waals surface area contributed by atoms with Crippen LogP contribution < -0.4 is 9.47 Å². The molecular formula is C18H21F3O3. The van der Waals surface area contributed by atoms with Crippen LogP contribution >= 0.6 is 0 Å². The first kappa shape index (κ1) is 18.4. The van der Waals surface area contributed by atoms with E-state index in [1.54, 1.807) is 13.0 Å². The Morgan fingerprint density at radius 3 is 2.33 bits per heavy atom. The van der Waals surface area contributed by atoms with E-state index in [2.05, 4.69) is 4.74 Å². The number of methoxy groups -OCH3 is 1. The molecule has 132 valence electrons. The predicted octanol–water partition coefficient (Wildman–Crippen LogP) is 4.95. The molecule has 0 saturated heterocycles. The van der Waals surface area contributed by atoms with E-state index < -0.39 is 23.4 Å². The minimum Gasteiger partial charge on any atom is -0.494 e. The van der Waals surface area contributed by atoms with Crippen LogP contribution in [-0.4, -0.2) is 13.1 Å². The number of hydrogen-bond acceptors (Lipinski definition) is 3. The minimum absolute atomic E-state index is 0.115. The Morgan fingerprint density at radius 1 is 1.17 bits per heavy atom. The normalized spacial score (nSPS) is 21.5. The van der Waals surface area contributed by atoms with Crippen molar-refractivity contribution in [1.29, 1.82) is 0 Å². The van der Waals surface area contributed by atoms with Crippen LogP contribution in [0.1, 0.15) is 39.0 Å². The number of carbonyl (C=O) groups is 1. The van der Waals surface area contributed by atoms with E-state index in [-0.39, 0.29) is 23.4 Å². The van der Waals surface area contributed by atoms with Crippen LogP contribution in [0.5, 0.6) is 11.5 Å². The van der Waals surface area contributed by atoms with Gasteiger partial charge in [-0.1, -0.05) is 6.92 Å². The van der Waals surface area contributed by atoms with Crippen LogP contribution in [0.15, 0.2) is 24.0 Å². The first-order valence-electron chi connectivity index (χ1n) is 8.06. The summed E-state index contributed by atoms with van der Waals surface area (Å²) >= 11 is 0. The Morgan fingerprint density at radius 2 is 1.75 bits per heavy atom. The van der Waals surface area contributed by atoms with E-state index in [9.17, 15) is 18.0 Å². The standard InChI is InChI=1S/C18H21F3O3/c1-3-13(19)10-11-4-6-12(7-5-11)18(22)24-15-9-8-14(23-2)16(20)17(15)21/h8-12H,3-7H2,1-2H3. The van der Waals surface area contributed by atoms with E-state index in [0.29, 0.717) is 32.1 Å². The van der Waals surface area contributed by atoms with Gasteiger partial charge >= 0.3 is 5.97 Å². The molecule has 1 saturated carbocycles. The molecule has 1 aromatic carbocycles. The molecule has 0 aromatic heterocycles. The molecule has 0 heterocycles. The van der Waals surface area contributed by atoms with Crippen molar-refractivity contribution in [3.05, 3.63) is 35.7 Å². The van der Waals surface area contributed by atoms with E-state index in [0.717, 1.165) is 0 Å². The van der Waals surface area contributed by atoms with Gasteiger partial charge in [0, 0.05) is 0 Å². The van der Waals surface area contributed by atoms with Gasteiger partial charge in [-0.2, -0.15) is 8.78 Å². The lowest BCUT2D eigenvalue weighted by Gasteiger charge is -2.25. The van der Waals surface area contributed by atoms with E-state index >= 15 is 0 Å². The molecule has 1 aromatic rings. The highest BCUT2D eigenvalue weighted by molar-refractivity contribution is 5.75. The summed E-state index contributed by atoms with van der Waals surface area (Å²) in [6.07, 6.45) is 4.40. The Balaban J connectivity index is 1.96. The largest absolute Gasteiger partial charge is 0.494 e. The molecule has 3 nitrogen and oxygen atoms in total. The number of rotatable bonds is 5. The summed E-state index contributed by atoms with van der Waals surface area (Å²) in [4.78, 5) is 12.1. The van der Waals surface area contributed by atoms with Gasteiger partial charge in [-0.3, -0.25) is 4.79 Å². The first-order valence-corrected chi connectivity index (χ1v) is 8.06. The van der Waals surface area contributed by atoms with E-state index in [1.807, 2.05) is 0 Å². The van der Waals surface area contributed by atoms with Gasteiger partial charge in [0.05, 0.1) is 18.9 Å². The van der Waals surface area contributed by atoms with Gasteiger partial charge in [-0.25, -0.2) is 4.39 Å². The van der Waals surface area contributed by atoms with Crippen LogP contribution in [0.25, 0.3) is 0 Å². The fourth-order valence-electron chi connectivity index (χ4n) is 2.84. The maximum absolute atomic E-state index is 13.8. The van der Waals surface area contributed by atoms with Crippen molar-refractivity contribution in [2.24, 2.45) is 11.8 Å². The molecule has 1 fully saturated rings. The fourth-order valence-corrected chi connectivity index (χ4v) is 2.84. The van der Waals surface area contributed by atoms with Gasteiger partial charge < -0.3 is 9.47 Å². The molecule has 6 heteroatoms. The van der Waals surface area contributed by atoms with Gasteiger partial charge in [0.15, 0.2) is 11.5 Å². The van der Waals surface area contributed by atoms with Crippen LogP contribution in [0.2, 0.25) is 0 Å². The van der Waals surface area contributed by atoms with Gasteiger partial charge in [-0.05, 0) is 56.2 Å². The lowest BCUT2D eigenvalue weighted by molar-refractivity contribution is -0.140. The first-order chi connectivity index (χ1) is 11.5. The molecule has 1 aliphatic rings. The smallest absolute Gasteiger partial charge is 0.314 e. The molecule has 0 spiro atoms. The predicted molar refractivity (Wildman–Crippen MR) is 83.5 cm³/mol. The van der Waals surface area contributed by atoms with Crippen molar-refractivity contribution in [3.63, 3.8) is 0 Å². The molecule has 0 unspecified atom stereocenters. The number of allylic oxidation sites excluding steroid dienone is 2. The topological polar surface area (TPSA) is 35.5 Å². The Bertz CT molecular complexity index is 620. The van der Waals surface area contributed by atoms with Gasteiger partial charge in [-0.15, -0.1) is 0 Å². The summed E-state index contributed by atoms with van der Waals surface area (Å²) < 4.78 is 50.4. The molecule has 0 atom stereocenters. The molecule has 0 amide bonds. The molecule has 0 aliphatic heterocycles. The van der Waals surface area contributed by atoms with Crippen molar-refractivity contribution >= 4 is 5.97 Å². The average molecular weight is 342 g/mol. The molecule has 0 bridgehead atoms. The summed E-state index contributed by atoms with van der Waals surface area (Å²) in [7, 11) is 1.22. The molecular weight excluding hydrogens is 321 g/mol. The summed E-state index contributed by atoms with van der Waals surface area (Å²) in [6, 6.07) is 2.37. The monoisotopic (exact) mass is 342 g/mol. The van der Waals surface area contributed by atoms with Crippen LogP contribution in [-0.2, 0) is 4.79 Å². The minimum atomic E-state index is -1.25. The molecule has 1 aliphatic carbocycles.